The van der Waals surface area contributed by atoms with Crippen molar-refractivity contribution < 1.29 is 14.3 Å². The fourth-order valence-corrected chi connectivity index (χ4v) is 4.43. The van der Waals surface area contributed by atoms with E-state index in [1.807, 2.05) is 48.7 Å². The summed E-state index contributed by atoms with van der Waals surface area (Å²) in [7, 11) is 1.63. The molecule has 0 aliphatic heterocycles. The van der Waals surface area contributed by atoms with Crippen LogP contribution < -0.4 is 14.8 Å². The Hall–Kier alpha value is -3.00. The zero-order valence-corrected chi connectivity index (χ0v) is 20.7. The predicted octanol–water partition coefficient (Wildman–Crippen LogP) is 5.30. The lowest BCUT2D eigenvalue weighted by molar-refractivity contribution is -0.113. The Morgan fingerprint density at radius 3 is 2.24 bits per heavy atom. The number of methoxy groups -OCH3 is 1. The number of para-hydroxylation sites is 1. The summed E-state index contributed by atoms with van der Waals surface area (Å²) in [4.78, 5) is 12.7. The molecule has 176 valence electrons. The predicted molar refractivity (Wildman–Crippen MR) is 132 cm³/mol. The Morgan fingerprint density at radius 2 is 1.67 bits per heavy atom. The molecule has 3 rings (SSSR count). The van der Waals surface area contributed by atoms with Gasteiger partial charge in [0.05, 0.1) is 12.9 Å². The van der Waals surface area contributed by atoms with Crippen molar-refractivity contribution in [2.24, 2.45) is 0 Å². The van der Waals surface area contributed by atoms with Crippen molar-refractivity contribution in [3.63, 3.8) is 0 Å². The van der Waals surface area contributed by atoms with Gasteiger partial charge in [-0.3, -0.25) is 4.79 Å². The van der Waals surface area contributed by atoms with E-state index in [0.29, 0.717) is 11.7 Å². The first-order valence-electron chi connectivity index (χ1n) is 11.3. The number of carbonyl (C=O) groups excluding carboxylic acids is 1. The summed E-state index contributed by atoms with van der Waals surface area (Å²) in [5.74, 6) is 2.43. The van der Waals surface area contributed by atoms with Crippen LogP contribution in [0.4, 0.5) is 5.69 Å². The van der Waals surface area contributed by atoms with Crippen molar-refractivity contribution in [3.8, 4) is 11.5 Å². The SMILES string of the molecule is CCc1cccc(CC)c1NC(=O)CSc1nnc(C(C)Oc2ccc(OC)cc2)n1CC. The number of aryl methyl sites for hydroxylation is 2. The molecule has 0 saturated carbocycles. The van der Waals surface area contributed by atoms with Gasteiger partial charge in [0.25, 0.3) is 0 Å². The number of amides is 1. The fourth-order valence-electron chi connectivity index (χ4n) is 3.62. The van der Waals surface area contributed by atoms with Crippen LogP contribution in [0, 0.1) is 0 Å². The summed E-state index contributed by atoms with van der Waals surface area (Å²) in [6, 6.07) is 13.6. The van der Waals surface area contributed by atoms with Gasteiger partial charge in [-0.25, -0.2) is 0 Å². The number of benzene rings is 2. The van der Waals surface area contributed by atoms with E-state index in [0.717, 1.165) is 47.0 Å². The maximum Gasteiger partial charge on any atom is 0.234 e. The van der Waals surface area contributed by atoms with Gasteiger partial charge in [-0.05, 0) is 62.1 Å². The summed E-state index contributed by atoms with van der Waals surface area (Å²) in [6.45, 7) is 8.85. The average molecular weight is 469 g/mol. The van der Waals surface area contributed by atoms with Gasteiger partial charge in [-0.15, -0.1) is 10.2 Å². The first kappa shape index (κ1) is 24.6. The number of carbonyl (C=O) groups is 1. The molecule has 0 saturated heterocycles. The molecule has 8 heteroatoms. The average Bonchev–Trinajstić information content (AvgIpc) is 3.26. The maximum atomic E-state index is 12.7. The van der Waals surface area contributed by atoms with Gasteiger partial charge in [0.15, 0.2) is 17.1 Å². The summed E-state index contributed by atoms with van der Waals surface area (Å²) in [5.41, 5.74) is 3.24. The second kappa shape index (κ2) is 11.7. The first-order valence-corrected chi connectivity index (χ1v) is 12.3. The highest BCUT2D eigenvalue weighted by Gasteiger charge is 2.20. The Kier molecular flexibility index (Phi) is 8.77. The number of nitrogens with one attached hydrogen (secondary N) is 1. The molecule has 1 heterocycles. The molecular weight excluding hydrogens is 436 g/mol. The molecule has 3 aromatic rings. The van der Waals surface area contributed by atoms with Gasteiger partial charge in [-0.2, -0.15) is 0 Å². The van der Waals surface area contributed by atoms with E-state index in [2.05, 4.69) is 41.5 Å². The summed E-state index contributed by atoms with van der Waals surface area (Å²) < 4.78 is 13.2. The number of aromatic nitrogens is 3. The molecule has 0 radical (unpaired) electrons. The van der Waals surface area contributed by atoms with E-state index in [4.69, 9.17) is 9.47 Å². The lowest BCUT2D eigenvalue weighted by atomic mass is 10.0. The molecule has 0 spiro atoms. The Balaban J connectivity index is 1.66. The second-order valence-corrected chi connectivity index (χ2v) is 8.46. The number of hydrogen-bond acceptors (Lipinski definition) is 6. The molecular formula is C25H32N4O3S. The molecule has 0 bridgehead atoms. The van der Waals surface area contributed by atoms with Crippen molar-refractivity contribution in [1.29, 1.82) is 0 Å². The van der Waals surface area contributed by atoms with Crippen LogP contribution in [0.2, 0.25) is 0 Å². The molecule has 0 fully saturated rings. The lowest BCUT2D eigenvalue weighted by Crippen LogP contribution is -2.17. The largest absolute Gasteiger partial charge is 0.497 e. The monoisotopic (exact) mass is 468 g/mol. The third-order valence-electron chi connectivity index (χ3n) is 5.39. The molecule has 33 heavy (non-hydrogen) atoms. The molecule has 1 amide bonds. The summed E-state index contributed by atoms with van der Waals surface area (Å²) in [6.07, 6.45) is 1.45. The highest BCUT2D eigenvalue weighted by Crippen LogP contribution is 2.27. The molecule has 1 atom stereocenters. The van der Waals surface area contributed by atoms with Crippen molar-refractivity contribution in [1.82, 2.24) is 14.8 Å². The highest BCUT2D eigenvalue weighted by atomic mass is 32.2. The van der Waals surface area contributed by atoms with E-state index in [9.17, 15) is 4.79 Å². The quantitative estimate of drug-likeness (QED) is 0.385. The minimum atomic E-state index is -0.294. The molecule has 0 aliphatic rings. The van der Waals surface area contributed by atoms with E-state index in [1.54, 1.807) is 7.11 Å². The van der Waals surface area contributed by atoms with Crippen molar-refractivity contribution in [2.75, 3.05) is 18.2 Å². The second-order valence-electron chi connectivity index (χ2n) is 7.52. The van der Waals surface area contributed by atoms with Crippen LogP contribution in [0.3, 0.4) is 0 Å². The van der Waals surface area contributed by atoms with E-state index < -0.39 is 0 Å². The third kappa shape index (κ3) is 6.07. The Labute approximate surface area is 199 Å². The highest BCUT2D eigenvalue weighted by molar-refractivity contribution is 7.99. The minimum absolute atomic E-state index is 0.0506. The number of rotatable bonds is 11. The number of ether oxygens (including phenoxy) is 2. The van der Waals surface area contributed by atoms with Gasteiger partial charge in [-0.1, -0.05) is 43.8 Å². The van der Waals surface area contributed by atoms with E-state index >= 15 is 0 Å². The number of anilines is 1. The standard InChI is InChI=1S/C25H32N4O3S/c1-6-18-10-9-11-19(7-2)23(18)26-22(30)16-33-25-28-27-24(29(25)8-3)17(4)32-21-14-12-20(31-5)13-15-21/h9-15,17H,6-8,16H2,1-5H3,(H,26,30). The zero-order valence-electron chi connectivity index (χ0n) is 19.9. The van der Waals surface area contributed by atoms with Crippen LogP contribution in [0.5, 0.6) is 11.5 Å². The first-order chi connectivity index (χ1) is 16.0. The van der Waals surface area contributed by atoms with Gasteiger partial charge >= 0.3 is 0 Å². The fraction of sp³-hybridized carbons (Fsp3) is 0.400. The molecule has 7 nitrogen and oxygen atoms in total. The van der Waals surface area contributed by atoms with Crippen LogP contribution >= 0.6 is 11.8 Å². The zero-order chi connectivity index (χ0) is 23.8. The molecule has 1 N–H and O–H groups in total. The van der Waals surface area contributed by atoms with E-state index in [-0.39, 0.29) is 17.8 Å². The van der Waals surface area contributed by atoms with Crippen molar-refractivity contribution in [2.45, 2.75) is 58.3 Å². The van der Waals surface area contributed by atoms with Crippen molar-refractivity contribution in [3.05, 3.63) is 59.4 Å². The van der Waals surface area contributed by atoms with Gasteiger partial charge < -0.3 is 19.4 Å². The number of hydrogen-bond donors (Lipinski definition) is 1. The smallest absolute Gasteiger partial charge is 0.234 e. The van der Waals surface area contributed by atoms with Gasteiger partial charge in [0, 0.05) is 12.2 Å². The molecule has 1 aromatic heterocycles. The van der Waals surface area contributed by atoms with Crippen LogP contribution in [0.15, 0.2) is 47.6 Å². The van der Waals surface area contributed by atoms with Crippen molar-refractivity contribution >= 4 is 23.4 Å². The minimum Gasteiger partial charge on any atom is -0.497 e. The molecule has 2 aromatic carbocycles. The third-order valence-corrected chi connectivity index (χ3v) is 6.36. The molecule has 0 aliphatic carbocycles. The van der Waals surface area contributed by atoms with Crippen LogP contribution in [0.1, 0.15) is 50.8 Å². The van der Waals surface area contributed by atoms with E-state index in [1.165, 1.54) is 11.8 Å². The number of nitrogens with zero attached hydrogens (tertiary/aromatic N) is 3. The number of thioether (sulfide) groups is 1. The van der Waals surface area contributed by atoms with Crippen LogP contribution in [-0.4, -0.2) is 33.5 Å². The Bertz CT molecular complexity index is 1040. The lowest BCUT2D eigenvalue weighted by Gasteiger charge is -2.16. The summed E-state index contributed by atoms with van der Waals surface area (Å²) in [5, 5.41) is 12.5. The summed E-state index contributed by atoms with van der Waals surface area (Å²) >= 11 is 1.38. The van der Waals surface area contributed by atoms with Gasteiger partial charge in [0.1, 0.15) is 11.5 Å². The van der Waals surface area contributed by atoms with Crippen LogP contribution in [0.25, 0.3) is 0 Å². The topological polar surface area (TPSA) is 78.3 Å². The normalized spacial score (nSPS) is 11.8. The van der Waals surface area contributed by atoms with Crippen LogP contribution in [-0.2, 0) is 24.2 Å². The maximum absolute atomic E-state index is 12.7. The Morgan fingerprint density at radius 1 is 1.03 bits per heavy atom. The van der Waals surface area contributed by atoms with Gasteiger partial charge in [0.2, 0.25) is 5.91 Å². The molecule has 1 unspecified atom stereocenters.